The van der Waals surface area contributed by atoms with Crippen molar-refractivity contribution in [2.24, 2.45) is 0 Å². The molecule has 0 spiro atoms. The number of aromatic hydroxyl groups is 1. The Morgan fingerprint density at radius 2 is 1.89 bits per heavy atom. The second-order valence-corrected chi connectivity index (χ2v) is 4.76. The first-order valence-electron chi connectivity index (χ1n) is 5.75. The normalized spacial score (nSPS) is 11.2. The van der Waals surface area contributed by atoms with Crippen LogP contribution in [0.15, 0.2) is 6.20 Å². The number of hydrogen-bond donors (Lipinski definition) is 2. The summed E-state index contributed by atoms with van der Waals surface area (Å²) >= 11 is 11.5. The molecule has 0 aromatic carbocycles. The summed E-state index contributed by atoms with van der Waals surface area (Å²) in [6.45, 7) is 3.46. The van der Waals surface area contributed by atoms with E-state index in [2.05, 4.69) is 9.88 Å². The van der Waals surface area contributed by atoms with Crippen LogP contribution in [0.25, 0.3) is 0 Å². The summed E-state index contributed by atoms with van der Waals surface area (Å²) in [5, 5.41) is 19.2. The number of alkyl halides is 2. The van der Waals surface area contributed by atoms with Gasteiger partial charge in [0.15, 0.2) is 0 Å². The Balaban J connectivity index is 2.91. The van der Waals surface area contributed by atoms with Crippen LogP contribution in [-0.2, 0) is 13.2 Å². The molecule has 1 aromatic rings. The summed E-state index contributed by atoms with van der Waals surface area (Å²) in [6, 6.07) is 0. The van der Waals surface area contributed by atoms with E-state index in [1.54, 1.807) is 13.1 Å². The van der Waals surface area contributed by atoms with Crippen molar-refractivity contribution in [1.82, 2.24) is 9.88 Å². The fraction of sp³-hybridized carbons (Fsp3) is 0.583. The van der Waals surface area contributed by atoms with E-state index in [0.717, 1.165) is 5.56 Å². The minimum Gasteiger partial charge on any atom is -0.506 e. The third-order valence-electron chi connectivity index (χ3n) is 2.78. The highest BCUT2D eigenvalue weighted by Crippen LogP contribution is 2.24. The zero-order chi connectivity index (χ0) is 13.5. The Kier molecular flexibility index (Phi) is 6.71. The molecule has 0 saturated carbocycles. The molecule has 0 unspecified atom stereocenters. The van der Waals surface area contributed by atoms with Crippen LogP contribution in [0.4, 0.5) is 0 Å². The largest absolute Gasteiger partial charge is 0.506 e. The second-order valence-electron chi connectivity index (χ2n) is 4.01. The molecule has 2 N–H and O–H groups in total. The summed E-state index contributed by atoms with van der Waals surface area (Å²) in [7, 11) is 0. The van der Waals surface area contributed by atoms with Gasteiger partial charge in [0.25, 0.3) is 0 Å². The molecule has 0 aliphatic rings. The van der Waals surface area contributed by atoms with Gasteiger partial charge in [0, 0.05) is 43.2 Å². The van der Waals surface area contributed by atoms with Gasteiger partial charge in [0.1, 0.15) is 5.75 Å². The second kappa shape index (κ2) is 7.79. The molecular weight excluding hydrogens is 275 g/mol. The predicted octanol–water partition coefficient (Wildman–Crippen LogP) is 1.87. The minimum absolute atomic E-state index is 0.0618. The highest BCUT2D eigenvalue weighted by atomic mass is 35.5. The van der Waals surface area contributed by atoms with Gasteiger partial charge in [-0.1, -0.05) is 0 Å². The summed E-state index contributed by atoms with van der Waals surface area (Å²) in [5.41, 5.74) is 1.84. The van der Waals surface area contributed by atoms with Gasteiger partial charge in [-0.05, 0) is 12.5 Å². The summed E-state index contributed by atoms with van der Waals surface area (Å²) in [6.07, 6.45) is 1.68. The number of hydrogen-bond acceptors (Lipinski definition) is 4. The highest BCUT2D eigenvalue weighted by Gasteiger charge is 2.13. The first kappa shape index (κ1) is 15.5. The molecule has 1 heterocycles. The first-order valence-corrected chi connectivity index (χ1v) is 6.82. The fourth-order valence-electron chi connectivity index (χ4n) is 1.75. The van der Waals surface area contributed by atoms with Gasteiger partial charge in [-0.3, -0.25) is 9.88 Å². The maximum atomic E-state index is 9.86. The van der Waals surface area contributed by atoms with Crippen molar-refractivity contribution in [3.05, 3.63) is 23.0 Å². The number of nitrogens with zero attached hydrogens (tertiary/aromatic N) is 2. The number of aliphatic hydroxyl groups is 1. The van der Waals surface area contributed by atoms with E-state index in [1.807, 2.05) is 0 Å². The van der Waals surface area contributed by atoms with Gasteiger partial charge in [-0.15, -0.1) is 23.2 Å². The van der Waals surface area contributed by atoms with Crippen LogP contribution in [0, 0.1) is 6.92 Å². The minimum atomic E-state index is -0.208. The molecule has 18 heavy (non-hydrogen) atoms. The van der Waals surface area contributed by atoms with Crippen LogP contribution in [0.3, 0.4) is 0 Å². The summed E-state index contributed by atoms with van der Waals surface area (Å²) < 4.78 is 0. The Hall–Kier alpha value is -0.550. The number of rotatable bonds is 7. The molecule has 0 atom stereocenters. The van der Waals surface area contributed by atoms with Gasteiger partial charge in [0.2, 0.25) is 0 Å². The SMILES string of the molecule is Cc1ncc(CN(CCCl)CCCl)c(CO)c1O. The van der Waals surface area contributed by atoms with Crippen LogP contribution in [0.2, 0.25) is 0 Å². The van der Waals surface area contributed by atoms with Gasteiger partial charge < -0.3 is 10.2 Å². The fourth-order valence-corrected chi connectivity index (χ4v) is 2.22. The Morgan fingerprint density at radius 1 is 1.28 bits per heavy atom. The molecule has 0 saturated heterocycles. The number of aryl methyl sites for hydroxylation is 1. The number of aliphatic hydroxyl groups excluding tert-OH is 1. The number of halogens is 2. The van der Waals surface area contributed by atoms with Gasteiger partial charge in [-0.2, -0.15) is 0 Å². The van der Waals surface area contributed by atoms with E-state index >= 15 is 0 Å². The third-order valence-corrected chi connectivity index (χ3v) is 3.12. The van der Waals surface area contributed by atoms with Crippen LogP contribution in [-0.4, -0.2) is 44.9 Å². The quantitative estimate of drug-likeness (QED) is 0.754. The van der Waals surface area contributed by atoms with Gasteiger partial charge >= 0.3 is 0 Å². The summed E-state index contributed by atoms with van der Waals surface area (Å²) in [4.78, 5) is 6.17. The third kappa shape index (κ3) is 3.99. The number of pyridine rings is 1. The average Bonchev–Trinajstić information content (AvgIpc) is 2.35. The topological polar surface area (TPSA) is 56.6 Å². The van der Waals surface area contributed by atoms with E-state index < -0.39 is 0 Å². The van der Waals surface area contributed by atoms with Crippen LogP contribution in [0.5, 0.6) is 5.75 Å². The molecular formula is C12H18Cl2N2O2. The lowest BCUT2D eigenvalue weighted by molar-refractivity contribution is 0.263. The summed E-state index contributed by atoms with van der Waals surface area (Å²) in [5.74, 6) is 1.08. The lowest BCUT2D eigenvalue weighted by Crippen LogP contribution is -2.28. The standard InChI is InChI=1S/C12H18Cl2N2O2/c1-9-12(18)11(8-17)10(6-15-9)7-16(4-2-13)5-3-14/h6,17-18H,2-5,7-8H2,1H3. The highest BCUT2D eigenvalue weighted by molar-refractivity contribution is 6.18. The molecule has 0 amide bonds. The number of aromatic nitrogens is 1. The molecule has 0 aliphatic heterocycles. The van der Waals surface area contributed by atoms with Crippen LogP contribution >= 0.6 is 23.2 Å². The lowest BCUT2D eigenvalue weighted by Gasteiger charge is -2.21. The molecule has 102 valence electrons. The van der Waals surface area contributed by atoms with Gasteiger partial charge in [0.05, 0.1) is 12.3 Å². The predicted molar refractivity (Wildman–Crippen MR) is 73.3 cm³/mol. The van der Waals surface area contributed by atoms with Gasteiger partial charge in [-0.25, -0.2) is 0 Å². The van der Waals surface area contributed by atoms with E-state index in [9.17, 15) is 10.2 Å². The lowest BCUT2D eigenvalue weighted by atomic mass is 10.1. The molecule has 0 bridgehead atoms. The van der Waals surface area contributed by atoms with Crippen molar-refractivity contribution in [2.45, 2.75) is 20.1 Å². The van der Waals surface area contributed by atoms with Crippen molar-refractivity contribution >= 4 is 23.2 Å². The van der Waals surface area contributed by atoms with E-state index in [1.165, 1.54) is 0 Å². The van der Waals surface area contributed by atoms with Crippen molar-refractivity contribution < 1.29 is 10.2 Å². The molecule has 1 rings (SSSR count). The monoisotopic (exact) mass is 292 g/mol. The average molecular weight is 293 g/mol. The van der Waals surface area contributed by atoms with Crippen LogP contribution < -0.4 is 0 Å². The molecule has 4 nitrogen and oxygen atoms in total. The van der Waals surface area contributed by atoms with Crippen molar-refractivity contribution in [2.75, 3.05) is 24.8 Å². The van der Waals surface area contributed by atoms with E-state index in [-0.39, 0.29) is 12.4 Å². The zero-order valence-corrected chi connectivity index (χ0v) is 11.9. The van der Waals surface area contributed by atoms with Crippen molar-refractivity contribution in [3.8, 4) is 5.75 Å². The maximum absolute atomic E-state index is 9.86. The molecule has 0 fully saturated rings. The van der Waals surface area contributed by atoms with Crippen LogP contribution in [0.1, 0.15) is 16.8 Å². The van der Waals surface area contributed by atoms with Crippen molar-refractivity contribution in [3.63, 3.8) is 0 Å². The molecule has 0 radical (unpaired) electrons. The molecule has 6 heteroatoms. The maximum Gasteiger partial charge on any atom is 0.142 e. The van der Waals surface area contributed by atoms with Crippen molar-refractivity contribution in [1.29, 1.82) is 0 Å². The Labute approximate surface area is 117 Å². The Morgan fingerprint density at radius 3 is 2.39 bits per heavy atom. The molecule has 1 aromatic heterocycles. The zero-order valence-electron chi connectivity index (χ0n) is 10.4. The Bertz CT molecular complexity index is 383. The first-order chi connectivity index (χ1) is 8.63. The smallest absolute Gasteiger partial charge is 0.142 e. The van der Waals surface area contributed by atoms with E-state index in [4.69, 9.17) is 23.2 Å². The van der Waals surface area contributed by atoms with E-state index in [0.29, 0.717) is 42.7 Å². The molecule has 0 aliphatic carbocycles.